The number of benzene rings is 2. The van der Waals surface area contributed by atoms with Crippen molar-refractivity contribution in [1.29, 1.82) is 0 Å². The first kappa shape index (κ1) is 19.6. The first-order chi connectivity index (χ1) is 12.5. The van der Waals surface area contributed by atoms with Crippen LogP contribution < -0.4 is 5.32 Å². The van der Waals surface area contributed by atoms with Gasteiger partial charge in [0.25, 0.3) is 5.91 Å². The summed E-state index contributed by atoms with van der Waals surface area (Å²) in [5, 5.41) is 2.57. The molecule has 26 heavy (non-hydrogen) atoms. The fourth-order valence-corrected chi connectivity index (χ4v) is 2.42. The summed E-state index contributed by atoms with van der Waals surface area (Å²) in [5.74, 6) is -1.13. The Morgan fingerprint density at radius 3 is 2.38 bits per heavy atom. The van der Waals surface area contributed by atoms with Crippen molar-refractivity contribution in [2.45, 2.75) is 6.54 Å². The summed E-state index contributed by atoms with van der Waals surface area (Å²) < 4.78 is 13.2. The van der Waals surface area contributed by atoms with Crippen LogP contribution in [0.1, 0.15) is 15.9 Å². The van der Waals surface area contributed by atoms with Crippen LogP contribution in [-0.2, 0) is 11.3 Å². The van der Waals surface area contributed by atoms with Gasteiger partial charge in [-0.2, -0.15) is 0 Å². The molecule has 0 aromatic heterocycles. The van der Waals surface area contributed by atoms with Crippen molar-refractivity contribution in [3.63, 3.8) is 0 Å². The van der Waals surface area contributed by atoms with Crippen LogP contribution in [-0.4, -0.2) is 55.3 Å². The Morgan fingerprint density at radius 2 is 1.73 bits per heavy atom. The molecule has 2 aromatic rings. The lowest BCUT2D eigenvalue weighted by atomic mass is 10.2. The Balaban J connectivity index is 1.97. The predicted molar refractivity (Wildman–Crippen MR) is 99.1 cm³/mol. The van der Waals surface area contributed by atoms with Crippen LogP contribution in [0.4, 0.5) is 4.39 Å². The molecule has 138 valence electrons. The van der Waals surface area contributed by atoms with Crippen molar-refractivity contribution in [3.8, 4) is 0 Å². The van der Waals surface area contributed by atoms with E-state index in [9.17, 15) is 14.0 Å². The molecule has 0 heterocycles. The highest BCUT2D eigenvalue weighted by atomic mass is 19.1. The van der Waals surface area contributed by atoms with Crippen LogP contribution in [0.3, 0.4) is 0 Å². The number of nitrogens with zero attached hydrogens (tertiary/aromatic N) is 2. The molecular weight excluding hydrogens is 333 g/mol. The molecule has 0 aliphatic heterocycles. The number of amides is 2. The van der Waals surface area contributed by atoms with Crippen molar-refractivity contribution in [2.24, 2.45) is 0 Å². The maximum Gasteiger partial charge on any atom is 0.251 e. The number of carbonyl (C=O) groups excluding carboxylic acids is 2. The smallest absolute Gasteiger partial charge is 0.251 e. The van der Waals surface area contributed by atoms with Gasteiger partial charge in [0.2, 0.25) is 5.91 Å². The highest BCUT2D eigenvalue weighted by molar-refractivity contribution is 5.96. The van der Waals surface area contributed by atoms with E-state index in [1.165, 1.54) is 18.2 Å². The quantitative estimate of drug-likeness (QED) is 0.788. The molecule has 0 saturated heterocycles. The van der Waals surface area contributed by atoms with E-state index in [2.05, 4.69) is 5.32 Å². The van der Waals surface area contributed by atoms with Gasteiger partial charge >= 0.3 is 0 Å². The van der Waals surface area contributed by atoms with Crippen molar-refractivity contribution >= 4 is 11.8 Å². The minimum absolute atomic E-state index is 0.129. The third kappa shape index (κ3) is 6.29. The predicted octanol–water partition coefficient (Wildman–Crippen LogP) is 2.15. The lowest BCUT2D eigenvalue weighted by Crippen LogP contribution is -2.42. The van der Waals surface area contributed by atoms with Gasteiger partial charge in [0.1, 0.15) is 5.82 Å². The number of hydrogen-bond acceptors (Lipinski definition) is 3. The highest BCUT2D eigenvalue weighted by Crippen LogP contribution is 2.06. The van der Waals surface area contributed by atoms with Crippen LogP contribution in [0.2, 0.25) is 0 Å². The van der Waals surface area contributed by atoms with Crippen LogP contribution in [0, 0.1) is 5.82 Å². The number of carbonyl (C=O) groups is 2. The second-order valence-corrected chi connectivity index (χ2v) is 6.30. The molecule has 6 heteroatoms. The number of likely N-dealkylation sites (N-methyl/N-ethyl adjacent to an activating group) is 1. The Bertz CT molecular complexity index is 735. The van der Waals surface area contributed by atoms with Crippen molar-refractivity contribution < 1.29 is 14.0 Å². The number of rotatable bonds is 8. The molecule has 0 saturated carbocycles. The summed E-state index contributed by atoms with van der Waals surface area (Å²) in [4.78, 5) is 28.4. The van der Waals surface area contributed by atoms with E-state index in [1.54, 1.807) is 4.90 Å². The lowest BCUT2D eigenvalue weighted by Gasteiger charge is -2.25. The molecule has 0 radical (unpaired) electrons. The molecule has 0 fully saturated rings. The van der Waals surface area contributed by atoms with E-state index < -0.39 is 11.7 Å². The Kier molecular flexibility index (Phi) is 7.29. The second-order valence-electron chi connectivity index (χ2n) is 6.30. The van der Waals surface area contributed by atoms with Gasteiger partial charge in [0.15, 0.2) is 0 Å². The Morgan fingerprint density at radius 1 is 1.00 bits per heavy atom. The maximum atomic E-state index is 13.2. The molecule has 2 amide bonds. The molecule has 0 bridgehead atoms. The van der Waals surface area contributed by atoms with Crippen LogP contribution in [0.25, 0.3) is 0 Å². The van der Waals surface area contributed by atoms with Crippen LogP contribution in [0.5, 0.6) is 0 Å². The maximum absolute atomic E-state index is 13.2. The Hall–Kier alpha value is -2.73. The number of halogens is 1. The third-order valence-electron chi connectivity index (χ3n) is 3.87. The monoisotopic (exact) mass is 357 g/mol. The number of hydrogen-bond donors (Lipinski definition) is 1. The van der Waals surface area contributed by atoms with E-state index in [4.69, 9.17) is 0 Å². The van der Waals surface area contributed by atoms with Crippen LogP contribution >= 0.6 is 0 Å². The standard InChI is InChI=1S/C20H24FN3O2/c1-23(2)11-12-24(15-16-7-4-3-5-8-16)19(25)14-22-20(26)17-9-6-10-18(21)13-17/h3-10,13H,11-12,14-15H2,1-2H3,(H,22,26). The zero-order valence-corrected chi connectivity index (χ0v) is 15.1. The third-order valence-corrected chi connectivity index (χ3v) is 3.87. The topological polar surface area (TPSA) is 52.6 Å². The first-order valence-corrected chi connectivity index (χ1v) is 8.46. The molecule has 0 aliphatic rings. The summed E-state index contributed by atoms with van der Waals surface area (Å²) >= 11 is 0. The van der Waals surface area contributed by atoms with Gasteiger partial charge in [-0.05, 0) is 37.9 Å². The lowest BCUT2D eigenvalue weighted by molar-refractivity contribution is -0.130. The molecule has 0 unspecified atom stereocenters. The molecule has 2 aromatic carbocycles. The minimum atomic E-state index is -0.485. The fraction of sp³-hybridized carbons (Fsp3) is 0.300. The molecule has 0 spiro atoms. The zero-order valence-electron chi connectivity index (χ0n) is 15.1. The van der Waals surface area contributed by atoms with E-state index in [-0.39, 0.29) is 18.0 Å². The molecule has 0 aliphatic carbocycles. The summed E-state index contributed by atoms with van der Waals surface area (Å²) in [6.45, 7) is 1.62. The largest absolute Gasteiger partial charge is 0.343 e. The Labute approximate surface area is 153 Å². The summed E-state index contributed by atoms with van der Waals surface area (Å²) in [5.41, 5.74) is 1.22. The minimum Gasteiger partial charge on any atom is -0.343 e. The summed E-state index contributed by atoms with van der Waals surface area (Å²) in [6, 6.07) is 15.1. The molecule has 1 N–H and O–H groups in total. The van der Waals surface area contributed by atoms with Crippen molar-refractivity contribution in [3.05, 3.63) is 71.5 Å². The van der Waals surface area contributed by atoms with E-state index in [0.29, 0.717) is 13.1 Å². The van der Waals surface area contributed by atoms with E-state index in [0.717, 1.165) is 18.2 Å². The SMILES string of the molecule is CN(C)CCN(Cc1ccccc1)C(=O)CNC(=O)c1cccc(F)c1. The van der Waals surface area contributed by atoms with Gasteiger partial charge in [-0.3, -0.25) is 9.59 Å². The molecule has 0 atom stereocenters. The molecular formula is C20H24FN3O2. The molecule has 5 nitrogen and oxygen atoms in total. The van der Waals surface area contributed by atoms with Gasteiger partial charge in [-0.1, -0.05) is 36.4 Å². The van der Waals surface area contributed by atoms with Gasteiger partial charge < -0.3 is 15.1 Å². The highest BCUT2D eigenvalue weighted by Gasteiger charge is 2.16. The second kappa shape index (κ2) is 9.68. The average molecular weight is 357 g/mol. The van der Waals surface area contributed by atoms with Gasteiger partial charge in [-0.15, -0.1) is 0 Å². The number of nitrogens with one attached hydrogen (secondary N) is 1. The molecule has 2 rings (SSSR count). The first-order valence-electron chi connectivity index (χ1n) is 8.46. The van der Waals surface area contributed by atoms with Gasteiger partial charge in [0.05, 0.1) is 6.54 Å². The van der Waals surface area contributed by atoms with Gasteiger partial charge in [0, 0.05) is 25.2 Å². The van der Waals surface area contributed by atoms with Crippen molar-refractivity contribution in [2.75, 3.05) is 33.7 Å². The fourth-order valence-electron chi connectivity index (χ4n) is 2.42. The zero-order chi connectivity index (χ0) is 18.9. The van der Waals surface area contributed by atoms with Crippen molar-refractivity contribution in [1.82, 2.24) is 15.1 Å². The van der Waals surface area contributed by atoms with Crippen LogP contribution in [0.15, 0.2) is 54.6 Å². The van der Waals surface area contributed by atoms with Gasteiger partial charge in [-0.25, -0.2) is 4.39 Å². The summed E-state index contributed by atoms with van der Waals surface area (Å²) in [6.07, 6.45) is 0. The van der Waals surface area contributed by atoms with E-state index >= 15 is 0 Å². The summed E-state index contributed by atoms with van der Waals surface area (Å²) in [7, 11) is 3.88. The average Bonchev–Trinajstić information content (AvgIpc) is 2.63. The normalized spacial score (nSPS) is 10.6. The van der Waals surface area contributed by atoms with E-state index in [1.807, 2.05) is 49.3 Å².